The Kier molecular flexibility index (Phi) is 8.59. The van der Waals surface area contributed by atoms with Gasteiger partial charge in [0.05, 0.1) is 7.11 Å². The van der Waals surface area contributed by atoms with Crippen LogP contribution in [0.3, 0.4) is 0 Å². The number of para-hydroxylation sites is 1. The molecule has 0 aromatic heterocycles. The summed E-state index contributed by atoms with van der Waals surface area (Å²) >= 11 is 0. The second-order valence-corrected chi connectivity index (χ2v) is 3.08. The predicted molar refractivity (Wildman–Crippen MR) is 55.8 cm³/mol. The summed E-state index contributed by atoms with van der Waals surface area (Å²) in [6, 6.07) is 9.68. The first-order valence-electron chi connectivity index (χ1n) is 4.23. The van der Waals surface area contributed by atoms with E-state index in [0.29, 0.717) is 0 Å². The third kappa shape index (κ3) is 7.48. The molecule has 0 radical (unpaired) electrons. The van der Waals surface area contributed by atoms with Gasteiger partial charge in [-0.25, -0.2) is 0 Å². The molecule has 2 nitrogen and oxygen atoms in total. The molecule has 0 fully saturated rings. The van der Waals surface area contributed by atoms with Crippen LogP contribution in [0.25, 0.3) is 0 Å². The van der Waals surface area contributed by atoms with E-state index < -0.39 is 0 Å². The van der Waals surface area contributed by atoms with Gasteiger partial charge in [0, 0.05) is 6.16 Å². The van der Waals surface area contributed by atoms with E-state index >= 15 is 0 Å². The van der Waals surface area contributed by atoms with Crippen molar-refractivity contribution in [3.8, 4) is 5.75 Å². The molecule has 72 valence electrons. The van der Waals surface area contributed by atoms with Gasteiger partial charge in [-0.15, -0.1) is 0 Å². The zero-order valence-corrected chi connectivity index (χ0v) is 8.96. The van der Waals surface area contributed by atoms with Crippen LogP contribution in [-0.2, 0) is 4.57 Å². The Morgan fingerprint density at radius 3 is 2.15 bits per heavy atom. The van der Waals surface area contributed by atoms with Crippen molar-refractivity contribution in [1.82, 2.24) is 0 Å². The summed E-state index contributed by atoms with van der Waals surface area (Å²) in [6.07, 6.45) is 1.82. The molecule has 0 aliphatic rings. The van der Waals surface area contributed by atoms with Gasteiger partial charge in [-0.2, -0.15) is 0 Å². The molecule has 0 aliphatic heterocycles. The van der Waals surface area contributed by atoms with Crippen molar-refractivity contribution in [3.05, 3.63) is 30.3 Å². The smallest absolute Gasteiger partial charge is 0.155 e. The zero-order valence-electron chi connectivity index (χ0n) is 8.06. The third-order valence-electron chi connectivity index (χ3n) is 1.29. The zero-order chi connectivity index (χ0) is 9.94. The van der Waals surface area contributed by atoms with Crippen LogP contribution in [-0.4, -0.2) is 13.3 Å². The topological polar surface area (TPSA) is 26.3 Å². The SMILES string of the molecule is CCCP=O.COc1ccccc1. The fourth-order valence-electron chi connectivity index (χ4n) is 0.648. The van der Waals surface area contributed by atoms with E-state index in [1.54, 1.807) is 7.11 Å². The van der Waals surface area contributed by atoms with Gasteiger partial charge in [0.15, 0.2) is 8.46 Å². The molecule has 1 aromatic carbocycles. The van der Waals surface area contributed by atoms with Crippen LogP contribution in [0.5, 0.6) is 5.75 Å². The third-order valence-corrected chi connectivity index (χ3v) is 1.92. The minimum atomic E-state index is 0.280. The molecule has 0 aliphatic carbocycles. The van der Waals surface area contributed by atoms with Crippen LogP contribution >= 0.6 is 8.46 Å². The fourth-order valence-corrected chi connectivity index (χ4v) is 0.830. The van der Waals surface area contributed by atoms with Crippen LogP contribution in [0.1, 0.15) is 13.3 Å². The average molecular weight is 198 g/mol. The van der Waals surface area contributed by atoms with Crippen molar-refractivity contribution in [1.29, 1.82) is 0 Å². The number of benzene rings is 1. The maximum Gasteiger partial charge on any atom is 0.155 e. The lowest BCUT2D eigenvalue weighted by Gasteiger charge is -1.93. The normalized spacial score (nSPS) is 8.77. The first-order valence-corrected chi connectivity index (χ1v) is 5.23. The van der Waals surface area contributed by atoms with Gasteiger partial charge >= 0.3 is 0 Å². The van der Waals surface area contributed by atoms with Gasteiger partial charge in [-0.1, -0.05) is 25.1 Å². The van der Waals surface area contributed by atoms with E-state index in [-0.39, 0.29) is 8.46 Å². The lowest BCUT2D eigenvalue weighted by Crippen LogP contribution is -1.78. The summed E-state index contributed by atoms with van der Waals surface area (Å²) in [5.41, 5.74) is 0. The predicted octanol–water partition coefficient (Wildman–Crippen LogP) is 3.38. The molecule has 0 bridgehead atoms. The van der Waals surface area contributed by atoms with E-state index in [9.17, 15) is 4.57 Å². The molecule has 0 saturated carbocycles. The lowest BCUT2D eigenvalue weighted by atomic mass is 10.3. The highest BCUT2D eigenvalue weighted by atomic mass is 31.1. The molecule has 0 N–H and O–H groups in total. The van der Waals surface area contributed by atoms with E-state index in [1.165, 1.54) is 0 Å². The molecule has 1 rings (SSSR count). The quantitative estimate of drug-likeness (QED) is 0.696. The van der Waals surface area contributed by atoms with Gasteiger partial charge in [0.25, 0.3) is 0 Å². The summed E-state index contributed by atoms with van der Waals surface area (Å²) in [6.45, 7) is 2.00. The van der Waals surface area contributed by atoms with Crippen LogP contribution in [0.15, 0.2) is 30.3 Å². The minimum Gasteiger partial charge on any atom is -0.497 e. The lowest BCUT2D eigenvalue weighted by molar-refractivity contribution is 0.415. The van der Waals surface area contributed by atoms with Gasteiger partial charge in [0.1, 0.15) is 5.75 Å². The number of rotatable bonds is 3. The molecule has 0 saturated heterocycles. The van der Waals surface area contributed by atoms with Crippen LogP contribution in [0.4, 0.5) is 0 Å². The van der Waals surface area contributed by atoms with E-state index in [4.69, 9.17) is 4.74 Å². The van der Waals surface area contributed by atoms with Crippen molar-refractivity contribution in [2.24, 2.45) is 0 Å². The first-order chi connectivity index (χ1) is 6.35. The Morgan fingerprint density at radius 1 is 1.31 bits per heavy atom. The van der Waals surface area contributed by atoms with Crippen molar-refractivity contribution in [2.75, 3.05) is 13.3 Å². The maximum absolute atomic E-state index is 9.50. The van der Waals surface area contributed by atoms with Gasteiger partial charge < -0.3 is 4.74 Å². The Labute approximate surface area is 81.1 Å². The summed E-state index contributed by atoms with van der Waals surface area (Å²) in [4.78, 5) is 0. The highest BCUT2D eigenvalue weighted by Gasteiger charge is 1.80. The number of ether oxygens (including phenoxy) is 1. The highest BCUT2D eigenvalue weighted by Crippen LogP contribution is 2.05. The van der Waals surface area contributed by atoms with E-state index in [0.717, 1.165) is 18.3 Å². The number of hydrogen-bond acceptors (Lipinski definition) is 2. The highest BCUT2D eigenvalue weighted by molar-refractivity contribution is 7.23. The number of methoxy groups -OCH3 is 1. The van der Waals surface area contributed by atoms with Crippen molar-refractivity contribution < 1.29 is 9.30 Å². The molecular weight excluding hydrogens is 183 g/mol. The summed E-state index contributed by atoms with van der Waals surface area (Å²) in [7, 11) is 1.94. The molecule has 3 heteroatoms. The molecule has 13 heavy (non-hydrogen) atoms. The fraction of sp³-hybridized carbons (Fsp3) is 0.400. The van der Waals surface area contributed by atoms with Crippen molar-refractivity contribution in [2.45, 2.75) is 13.3 Å². The van der Waals surface area contributed by atoms with E-state index in [2.05, 4.69) is 0 Å². The Morgan fingerprint density at radius 2 is 1.92 bits per heavy atom. The molecule has 0 amide bonds. The Hall–Kier alpha value is -0.880. The standard InChI is InChI=1S/C7H8O.C3H7OP/c1-8-7-5-3-2-4-6-7;1-2-3-5-4/h2-6H,1H3;2-3H2,1H3. The van der Waals surface area contributed by atoms with Gasteiger partial charge in [0.2, 0.25) is 0 Å². The van der Waals surface area contributed by atoms with Crippen LogP contribution in [0.2, 0.25) is 0 Å². The summed E-state index contributed by atoms with van der Waals surface area (Å²) in [5.74, 6) is 0.910. The molecule has 0 spiro atoms. The summed E-state index contributed by atoms with van der Waals surface area (Å²) < 4.78 is 14.4. The Balaban J connectivity index is 0.000000252. The van der Waals surface area contributed by atoms with Crippen molar-refractivity contribution in [3.63, 3.8) is 0 Å². The second kappa shape index (κ2) is 9.21. The van der Waals surface area contributed by atoms with Gasteiger partial charge in [-0.05, 0) is 18.6 Å². The van der Waals surface area contributed by atoms with Crippen LogP contribution < -0.4 is 4.74 Å². The second-order valence-electron chi connectivity index (χ2n) is 2.37. The average Bonchev–Trinajstić information content (AvgIpc) is 2.21. The van der Waals surface area contributed by atoms with E-state index in [1.807, 2.05) is 37.3 Å². The molecular formula is C10H15O2P. The molecule has 1 aromatic rings. The molecule has 0 atom stereocenters. The minimum absolute atomic E-state index is 0.280. The maximum atomic E-state index is 9.50. The van der Waals surface area contributed by atoms with Crippen molar-refractivity contribution >= 4 is 8.46 Å². The number of hydrogen-bond donors (Lipinski definition) is 0. The summed E-state index contributed by atoms with van der Waals surface area (Å²) in [5, 5.41) is 0. The largest absolute Gasteiger partial charge is 0.497 e. The first kappa shape index (κ1) is 12.1. The van der Waals surface area contributed by atoms with Gasteiger partial charge in [-0.3, -0.25) is 4.57 Å². The molecule has 0 heterocycles. The molecule has 0 unspecified atom stereocenters. The monoisotopic (exact) mass is 198 g/mol. The van der Waals surface area contributed by atoms with Crippen LogP contribution in [0, 0.1) is 0 Å². The Bertz CT molecular complexity index is 211.